The van der Waals surface area contributed by atoms with Crippen LogP contribution in [-0.4, -0.2) is 36.5 Å². The van der Waals surface area contributed by atoms with Crippen molar-refractivity contribution in [3.8, 4) is 11.5 Å². The first-order valence-electron chi connectivity index (χ1n) is 8.24. The van der Waals surface area contributed by atoms with Gasteiger partial charge >= 0.3 is 0 Å². The van der Waals surface area contributed by atoms with Gasteiger partial charge in [-0.25, -0.2) is 0 Å². The number of nitro benzene ring substituents is 1. The summed E-state index contributed by atoms with van der Waals surface area (Å²) in [6.07, 6.45) is 0.457. The number of carbonyl (C=O) groups is 1. The van der Waals surface area contributed by atoms with E-state index in [9.17, 15) is 14.9 Å². The molecule has 7 nitrogen and oxygen atoms in total. The molecule has 0 spiro atoms. The molecule has 2 aromatic carbocycles. The Morgan fingerprint density at radius 2 is 1.86 bits per heavy atom. The van der Waals surface area contributed by atoms with E-state index in [1.807, 2.05) is 6.07 Å². The Kier molecular flexibility index (Phi) is 5.76. The Morgan fingerprint density at radius 3 is 2.46 bits per heavy atom. The molecule has 1 amide bonds. The molecule has 1 aliphatic rings. The maximum absolute atomic E-state index is 12.9. The Hall–Kier alpha value is -2.77. The molecule has 0 atom stereocenters. The van der Waals surface area contributed by atoms with E-state index in [4.69, 9.17) is 32.7 Å². The minimum atomic E-state index is -0.589. The second-order valence-corrected chi connectivity index (χ2v) is 6.91. The summed E-state index contributed by atoms with van der Waals surface area (Å²) < 4.78 is 10.4. The van der Waals surface area contributed by atoms with Crippen LogP contribution in [0.3, 0.4) is 0 Å². The molecule has 0 unspecified atom stereocenters. The predicted octanol–water partition coefficient (Wildman–Crippen LogP) is 4.41. The molecule has 146 valence electrons. The van der Waals surface area contributed by atoms with E-state index in [-0.39, 0.29) is 28.0 Å². The number of nitro groups is 1. The number of fused-ring (bicyclic) bond motifs is 1. The van der Waals surface area contributed by atoms with E-state index >= 15 is 0 Å². The van der Waals surface area contributed by atoms with E-state index in [1.165, 1.54) is 24.1 Å². The molecule has 28 heavy (non-hydrogen) atoms. The van der Waals surface area contributed by atoms with Crippen LogP contribution in [0.15, 0.2) is 40.9 Å². The van der Waals surface area contributed by atoms with E-state index in [2.05, 4.69) is 0 Å². The number of rotatable bonds is 6. The molecule has 2 aromatic rings. The molecule has 0 bridgehead atoms. The lowest BCUT2D eigenvalue weighted by Crippen LogP contribution is -2.26. The molecule has 3 rings (SSSR count). The third-order valence-electron chi connectivity index (χ3n) is 4.47. The molecule has 0 saturated carbocycles. The SMILES string of the molecule is COc1ccc(CCN2C(=O)c3c(cccc3[N+](=O)[O-])C2=C(Cl)Cl)cc1OC. The van der Waals surface area contributed by atoms with Crippen LogP contribution in [0.2, 0.25) is 0 Å². The van der Waals surface area contributed by atoms with E-state index in [0.717, 1.165) is 5.56 Å². The van der Waals surface area contributed by atoms with Gasteiger partial charge in [-0.3, -0.25) is 14.9 Å². The van der Waals surface area contributed by atoms with Crippen LogP contribution >= 0.6 is 23.2 Å². The van der Waals surface area contributed by atoms with Crippen molar-refractivity contribution in [3.05, 3.63) is 67.7 Å². The van der Waals surface area contributed by atoms with Crippen molar-refractivity contribution in [2.75, 3.05) is 20.8 Å². The Morgan fingerprint density at radius 1 is 1.14 bits per heavy atom. The number of hydrogen-bond acceptors (Lipinski definition) is 5. The summed E-state index contributed by atoms with van der Waals surface area (Å²) in [6, 6.07) is 9.80. The Balaban J connectivity index is 1.93. The second-order valence-electron chi connectivity index (χ2n) is 5.96. The van der Waals surface area contributed by atoms with Crippen LogP contribution in [0, 0.1) is 10.1 Å². The second kappa shape index (κ2) is 8.08. The summed E-state index contributed by atoms with van der Waals surface area (Å²) in [7, 11) is 3.08. The molecule has 0 saturated heterocycles. The Labute approximate surface area is 171 Å². The molecule has 0 aliphatic carbocycles. The van der Waals surface area contributed by atoms with Gasteiger partial charge in [0, 0.05) is 18.2 Å². The lowest BCUT2D eigenvalue weighted by molar-refractivity contribution is -0.385. The average Bonchev–Trinajstić information content (AvgIpc) is 2.98. The highest BCUT2D eigenvalue weighted by Gasteiger charge is 2.39. The van der Waals surface area contributed by atoms with Gasteiger partial charge in [0.1, 0.15) is 10.1 Å². The fourth-order valence-corrected chi connectivity index (χ4v) is 3.60. The van der Waals surface area contributed by atoms with Crippen molar-refractivity contribution in [1.82, 2.24) is 4.90 Å². The number of benzene rings is 2. The van der Waals surface area contributed by atoms with E-state index in [1.54, 1.807) is 25.3 Å². The van der Waals surface area contributed by atoms with Crippen LogP contribution < -0.4 is 9.47 Å². The zero-order chi connectivity index (χ0) is 20.4. The largest absolute Gasteiger partial charge is 0.493 e. The molecule has 1 aliphatic heterocycles. The first-order chi connectivity index (χ1) is 13.4. The van der Waals surface area contributed by atoms with Gasteiger partial charge in [0.15, 0.2) is 11.5 Å². The predicted molar refractivity (Wildman–Crippen MR) is 106 cm³/mol. The average molecular weight is 423 g/mol. The summed E-state index contributed by atoms with van der Waals surface area (Å²) in [4.78, 5) is 25.0. The third-order valence-corrected chi connectivity index (χ3v) is 4.83. The van der Waals surface area contributed by atoms with Crippen LogP contribution in [0.25, 0.3) is 5.70 Å². The van der Waals surface area contributed by atoms with Gasteiger partial charge in [-0.2, -0.15) is 0 Å². The zero-order valence-electron chi connectivity index (χ0n) is 15.1. The van der Waals surface area contributed by atoms with Crippen LogP contribution in [-0.2, 0) is 6.42 Å². The van der Waals surface area contributed by atoms with Crippen molar-refractivity contribution in [1.29, 1.82) is 0 Å². The summed E-state index contributed by atoms with van der Waals surface area (Å²) >= 11 is 12.0. The summed E-state index contributed by atoms with van der Waals surface area (Å²) in [5, 5.41) is 11.3. The first-order valence-corrected chi connectivity index (χ1v) is 9.00. The first kappa shape index (κ1) is 20.0. The number of halogens is 2. The molecule has 0 aromatic heterocycles. The van der Waals surface area contributed by atoms with Gasteiger partial charge in [-0.1, -0.05) is 41.4 Å². The maximum Gasteiger partial charge on any atom is 0.282 e. The molecule has 9 heteroatoms. The van der Waals surface area contributed by atoms with Gasteiger partial charge in [0.05, 0.1) is 24.8 Å². The topological polar surface area (TPSA) is 81.9 Å². The number of amides is 1. The minimum absolute atomic E-state index is 0.00592. The van der Waals surface area contributed by atoms with Crippen LogP contribution in [0.5, 0.6) is 11.5 Å². The van der Waals surface area contributed by atoms with Gasteiger partial charge in [0.2, 0.25) is 0 Å². The molecular weight excluding hydrogens is 407 g/mol. The van der Waals surface area contributed by atoms with Crippen molar-refractivity contribution in [3.63, 3.8) is 0 Å². The van der Waals surface area contributed by atoms with Crippen molar-refractivity contribution >= 4 is 40.5 Å². The summed E-state index contributed by atoms with van der Waals surface area (Å²) in [5.41, 5.74) is 1.23. The highest BCUT2D eigenvalue weighted by molar-refractivity contribution is 6.58. The van der Waals surface area contributed by atoms with E-state index in [0.29, 0.717) is 23.5 Å². The fourth-order valence-electron chi connectivity index (χ4n) is 3.19. The quantitative estimate of drug-likeness (QED) is 0.508. The Bertz CT molecular complexity index is 986. The summed E-state index contributed by atoms with van der Waals surface area (Å²) in [6.45, 7) is 0.235. The number of methoxy groups -OCH3 is 2. The van der Waals surface area contributed by atoms with Gasteiger partial charge < -0.3 is 14.4 Å². The third kappa shape index (κ3) is 3.50. The van der Waals surface area contributed by atoms with E-state index < -0.39 is 10.8 Å². The standard InChI is InChI=1S/C19H16Cl2N2O5/c1-27-14-7-6-11(10-15(14)28-2)8-9-22-17(18(20)21)12-4-3-5-13(23(25)26)16(12)19(22)24/h3-7,10H,8-9H2,1-2H3. The molecule has 0 radical (unpaired) electrons. The normalized spacial score (nSPS) is 12.8. The zero-order valence-corrected chi connectivity index (χ0v) is 16.6. The van der Waals surface area contributed by atoms with Crippen LogP contribution in [0.4, 0.5) is 5.69 Å². The van der Waals surface area contributed by atoms with Crippen molar-refractivity contribution < 1.29 is 19.2 Å². The number of ether oxygens (including phenoxy) is 2. The minimum Gasteiger partial charge on any atom is -0.493 e. The fraction of sp³-hybridized carbons (Fsp3) is 0.211. The highest BCUT2D eigenvalue weighted by atomic mass is 35.5. The highest BCUT2D eigenvalue weighted by Crippen LogP contribution is 2.41. The number of hydrogen-bond donors (Lipinski definition) is 0. The van der Waals surface area contributed by atoms with Gasteiger partial charge in [-0.15, -0.1) is 0 Å². The monoisotopic (exact) mass is 422 g/mol. The number of carbonyl (C=O) groups excluding carboxylic acids is 1. The van der Waals surface area contributed by atoms with Crippen molar-refractivity contribution in [2.45, 2.75) is 6.42 Å². The maximum atomic E-state index is 12.9. The lowest BCUT2D eigenvalue weighted by Gasteiger charge is -2.19. The van der Waals surface area contributed by atoms with Gasteiger partial charge in [-0.05, 0) is 24.1 Å². The molecule has 1 heterocycles. The van der Waals surface area contributed by atoms with Crippen molar-refractivity contribution in [2.24, 2.45) is 0 Å². The van der Waals surface area contributed by atoms with Gasteiger partial charge in [0.25, 0.3) is 11.6 Å². The molecular formula is C19H16Cl2N2O5. The van der Waals surface area contributed by atoms with Crippen LogP contribution in [0.1, 0.15) is 21.5 Å². The number of nitrogens with zero attached hydrogens (tertiary/aromatic N) is 2. The molecule has 0 N–H and O–H groups in total. The molecule has 0 fully saturated rings. The lowest BCUT2D eigenvalue weighted by atomic mass is 10.1. The smallest absolute Gasteiger partial charge is 0.282 e. The summed E-state index contributed by atoms with van der Waals surface area (Å²) in [5.74, 6) is 0.658.